The molecule has 0 aliphatic heterocycles. The molecule has 2 aromatic carbocycles. The van der Waals surface area contributed by atoms with E-state index in [9.17, 15) is 13.5 Å². The highest BCUT2D eigenvalue weighted by molar-refractivity contribution is 7.89. The minimum absolute atomic E-state index is 0.0214. The zero-order chi connectivity index (χ0) is 16.7. The Labute approximate surface area is 136 Å². The fraction of sp³-hybridized carbons (Fsp3) is 0.294. The predicted molar refractivity (Wildman–Crippen MR) is 88.4 cm³/mol. The van der Waals surface area contributed by atoms with Crippen LogP contribution in [0.3, 0.4) is 0 Å². The lowest BCUT2D eigenvalue weighted by Gasteiger charge is -2.15. The van der Waals surface area contributed by atoms with Crippen molar-refractivity contribution in [1.82, 2.24) is 0 Å². The maximum absolute atomic E-state index is 11.4. The Morgan fingerprint density at radius 2 is 1.57 bits per heavy atom. The summed E-state index contributed by atoms with van der Waals surface area (Å²) >= 11 is 0. The van der Waals surface area contributed by atoms with Gasteiger partial charge in [0, 0.05) is 11.8 Å². The summed E-state index contributed by atoms with van der Waals surface area (Å²) in [6.45, 7) is 0.117. The van der Waals surface area contributed by atoms with E-state index in [1.807, 2.05) is 18.2 Å². The average molecular weight is 336 g/mol. The summed E-state index contributed by atoms with van der Waals surface area (Å²) in [5.41, 5.74) is 0.575. The summed E-state index contributed by atoms with van der Waals surface area (Å²) < 4.78 is 33.8. The van der Waals surface area contributed by atoms with Gasteiger partial charge in [0.05, 0.1) is 5.75 Å². The highest BCUT2D eigenvalue weighted by atomic mass is 32.2. The molecule has 0 radical (unpaired) electrons. The summed E-state index contributed by atoms with van der Waals surface area (Å²) in [5.74, 6) is 1.03. The maximum atomic E-state index is 11.4. The smallest absolute Gasteiger partial charge is 0.151 e. The van der Waals surface area contributed by atoms with Crippen LogP contribution in [0, 0.1) is 0 Å². The average Bonchev–Trinajstić information content (AvgIpc) is 2.51. The van der Waals surface area contributed by atoms with Gasteiger partial charge in [-0.3, -0.25) is 0 Å². The Morgan fingerprint density at radius 3 is 2.26 bits per heavy atom. The van der Waals surface area contributed by atoms with E-state index in [-0.39, 0.29) is 19.0 Å². The molecule has 5 nitrogen and oxygen atoms in total. The molecule has 0 bridgehead atoms. The Hall–Kier alpha value is -2.05. The highest BCUT2D eigenvalue weighted by Crippen LogP contribution is 2.20. The second-order valence-corrected chi connectivity index (χ2v) is 7.41. The summed E-state index contributed by atoms with van der Waals surface area (Å²) in [6.07, 6.45) is 0.355. The summed E-state index contributed by atoms with van der Waals surface area (Å²) in [7, 11) is -3.15. The topological polar surface area (TPSA) is 72.8 Å². The molecule has 0 aliphatic rings. The number of benzene rings is 2. The van der Waals surface area contributed by atoms with E-state index in [2.05, 4.69) is 0 Å². The molecule has 2 aromatic rings. The van der Waals surface area contributed by atoms with Crippen molar-refractivity contribution in [2.75, 3.05) is 19.5 Å². The molecule has 1 unspecified atom stereocenters. The molecule has 0 aliphatic carbocycles. The molecule has 0 fully saturated rings. The van der Waals surface area contributed by atoms with Crippen LogP contribution >= 0.6 is 0 Å². The summed E-state index contributed by atoms with van der Waals surface area (Å²) in [6, 6.07) is 16.1. The van der Waals surface area contributed by atoms with Gasteiger partial charge in [0.2, 0.25) is 0 Å². The third-order valence-electron chi connectivity index (χ3n) is 3.01. The van der Waals surface area contributed by atoms with Crippen molar-refractivity contribution in [1.29, 1.82) is 0 Å². The van der Waals surface area contributed by atoms with Crippen LogP contribution in [0.15, 0.2) is 54.6 Å². The van der Waals surface area contributed by atoms with E-state index in [0.717, 1.165) is 0 Å². The number of rotatable bonds is 8. The number of hydrogen-bond donors (Lipinski definition) is 1. The van der Waals surface area contributed by atoms with Crippen LogP contribution in [-0.4, -0.2) is 39.1 Å². The van der Waals surface area contributed by atoms with E-state index >= 15 is 0 Å². The third kappa shape index (κ3) is 6.30. The van der Waals surface area contributed by atoms with Gasteiger partial charge >= 0.3 is 0 Å². The quantitative estimate of drug-likeness (QED) is 0.799. The Bertz CT molecular complexity index is 713. The van der Waals surface area contributed by atoms with Crippen molar-refractivity contribution in [3.05, 3.63) is 60.2 Å². The zero-order valence-electron chi connectivity index (χ0n) is 12.9. The van der Waals surface area contributed by atoms with Crippen molar-refractivity contribution in [3.63, 3.8) is 0 Å². The second kappa shape index (κ2) is 7.99. The van der Waals surface area contributed by atoms with Crippen molar-refractivity contribution in [2.45, 2.75) is 11.9 Å². The first-order valence-electron chi connectivity index (χ1n) is 7.18. The van der Waals surface area contributed by atoms with Crippen LogP contribution < -0.4 is 9.47 Å². The van der Waals surface area contributed by atoms with Crippen LogP contribution in [0.1, 0.15) is 5.56 Å². The molecular weight excluding hydrogens is 316 g/mol. The standard InChI is InChI=1S/C17H20O5S/c1-23(19,20)13-14-7-5-6-10-17(14)22-12-15(18)11-21-16-8-3-2-4-9-16/h2-10,15,18H,11-13H2,1H3. The van der Waals surface area contributed by atoms with Crippen molar-refractivity contribution in [2.24, 2.45) is 0 Å². The number of para-hydroxylation sites is 2. The fourth-order valence-electron chi connectivity index (χ4n) is 1.99. The van der Waals surface area contributed by atoms with Crippen LogP contribution in [0.2, 0.25) is 0 Å². The van der Waals surface area contributed by atoms with Gasteiger partial charge in [-0.1, -0.05) is 36.4 Å². The molecule has 124 valence electrons. The van der Waals surface area contributed by atoms with Crippen molar-refractivity contribution < 1.29 is 23.0 Å². The van der Waals surface area contributed by atoms with Crippen molar-refractivity contribution in [3.8, 4) is 11.5 Å². The number of ether oxygens (including phenoxy) is 2. The lowest BCUT2D eigenvalue weighted by atomic mass is 10.2. The Kier molecular flexibility index (Phi) is 6.01. The van der Waals surface area contributed by atoms with Crippen LogP contribution in [0.25, 0.3) is 0 Å². The largest absolute Gasteiger partial charge is 0.491 e. The van der Waals surface area contributed by atoms with E-state index in [0.29, 0.717) is 17.1 Å². The molecule has 6 heteroatoms. The van der Waals surface area contributed by atoms with Gasteiger partial charge in [-0.25, -0.2) is 8.42 Å². The molecule has 0 saturated carbocycles. The minimum Gasteiger partial charge on any atom is -0.491 e. The van der Waals surface area contributed by atoms with Gasteiger partial charge in [0.25, 0.3) is 0 Å². The molecule has 0 heterocycles. The van der Waals surface area contributed by atoms with E-state index < -0.39 is 15.9 Å². The van der Waals surface area contributed by atoms with Crippen LogP contribution in [0.5, 0.6) is 11.5 Å². The van der Waals surface area contributed by atoms with Gasteiger partial charge in [0.15, 0.2) is 9.84 Å². The lowest BCUT2D eigenvalue weighted by molar-refractivity contribution is 0.0624. The normalized spacial score (nSPS) is 12.6. The molecule has 0 amide bonds. The Balaban J connectivity index is 1.88. The monoisotopic (exact) mass is 336 g/mol. The van der Waals surface area contributed by atoms with Gasteiger partial charge < -0.3 is 14.6 Å². The first-order valence-corrected chi connectivity index (χ1v) is 9.24. The number of aliphatic hydroxyl groups is 1. The minimum atomic E-state index is -3.15. The van der Waals surface area contributed by atoms with Crippen LogP contribution in [0.4, 0.5) is 0 Å². The molecule has 23 heavy (non-hydrogen) atoms. The van der Waals surface area contributed by atoms with E-state index in [1.165, 1.54) is 6.26 Å². The number of sulfone groups is 1. The van der Waals surface area contributed by atoms with E-state index in [4.69, 9.17) is 9.47 Å². The Morgan fingerprint density at radius 1 is 0.957 bits per heavy atom. The van der Waals surface area contributed by atoms with Gasteiger partial charge in [-0.15, -0.1) is 0 Å². The molecule has 2 rings (SSSR count). The molecule has 0 spiro atoms. The SMILES string of the molecule is CS(=O)(=O)Cc1ccccc1OCC(O)COc1ccccc1. The van der Waals surface area contributed by atoms with Gasteiger partial charge in [0.1, 0.15) is 30.8 Å². The van der Waals surface area contributed by atoms with Gasteiger partial charge in [-0.05, 0) is 18.2 Å². The summed E-state index contributed by atoms with van der Waals surface area (Å²) in [5, 5.41) is 9.93. The van der Waals surface area contributed by atoms with E-state index in [1.54, 1.807) is 36.4 Å². The van der Waals surface area contributed by atoms with Gasteiger partial charge in [-0.2, -0.15) is 0 Å². The van der Waals surface area contributed by atoms with Crippen molar-refractivity contribution >= 4 is 9.84 Å². The highest BCUT2D eigenvalue weighted by Gasteiger charge is 2.12. The molecular formula is C17H20O5S. The number of hydrogen-bond acceptors (Lipinski definition) is 5. The maximum Gasteiger partial charge on any atom is 0.151 e. The zero-order valence-corrected chi connectivity index (χ0v) is 13.7. The predicted octanol–water partition coefficient (Wildman–Crippen LogP) is 2.05. The first kappa shape index (κ1) is 17.3. The first-order chi connectivity index (χ1) is 10.9. The third-order valence-corrected chi connectivity index (χ3v) is 3.84. The van der Waals surface area contributed by atoms with Crippen LogP contribution in [-0.2, 0) is 15.6 Å². The lowest BCUT2D eigenvalue weighted by Crippen LogP contribution is -2.25. The fourth-order valence-corrected chi connectivity index (χ4v) is 2.79. The molecule has 1 N–H and O–H groups in total. The molecule has 0 saturated heterocycles. The summed E-state index contributed by atoms with van der Waals surface area (Å²) in [4.78, 5) is 0. The number of aliphatic hydroxyl groups excluding tert-OH is 1. The molecule has 0 aromatic heterocycles. The second-order valence-electron chi connectivity index (χ2n) is 5.27. The molecule has 1 atom stereocenters.